The molecule has 8 heteroatoms. The monoisotopic (exact) mass is 442 g/mol. The summed E-state index contributed by atoms with van der Waals surface area (Å²) < 4.78 is 3.64. The molecule has 0 atom stereocenters. The highest BCUT2D eigenvalue weighted by atomic mass is 32.1. The Morgan fingerprint density at radius 1 is 1.23 bits per heavy atom. The van der Waals surface area contributed by atoms with Crippen LogP contribution in [0.5, 0.6) is 0 Å². The molecule has 4 rings (SSSR count). The largest absolute Gasteiger partial charge is 0.356 e. The number of pyridine rings is 1. The van der Waals surface area contributed by atoms with Gasteiger partial charge in [0, 0.05) is 31.9 Å². The normalized spacial score (nSPS) is 15.3. The van der Waals surface area contributed by atoms with E-state index in [9.17, 15) is 9.59 Å². The first-order valence-electron chi connectivity index (χ1n) is 10.4. The molecule has 30 heavy (non-hydrogen) atoms. The molecular formula is C22H26N4O2S2. The number of piperidine rings is 1. The van der Waals surface area contributed by atoms with E-state index in [1.54, 1.807) is 21.2 Å². The molecule has 3 aromatic rings. The predicted octanol–water partition coefficient (Wildman–Crippen LogP) is 4.21. The molecule has 158 valence electrons. The van der Waals surface area contributed by atoms with Gasteiger partial charge in [-0.15, -0.1) is 11.3 Å². The second-order valence-electron chi connectivity index (χ2n) is 8.43. The van der Waals surface area contributed by atoms with Crippen LogP contribution in [0.4, 0.5) is 5.82 Å². The van der Waals surface area contributed by atoms with Crippen LogP contribution in [0.3, 0.4) is 0 Å². The lowest BCUT2D eigenvalue weighted by Gasteiger charge is -2.32. The zero-order valence-corrected chi connectivity index (χ0v) is 19.1. The van der Waals surface area contributed by atoms with Gasteiger partial charge in [0.05, 0.1) is 4.88 Å². The van der Waals surface area contributed by atoms with E-state index >= 15 is 0 Å². The number of anilines is 1. The van der Waals surface area contributed by atoms with E-state index in [0.717, 1.165) is 25.9 Å². The van der Waals surface area contributed by atoms with Crippen LogP contribution in [0.2, 0.25) is 0 Å². The summed E-state index contributed by atoms with van der Waals surface area (Å²) in [4.78, 5) is 34.0. The molecule has 1 fully saturated rings. The van der Waals surface area contributed by atoms with Crippen molar-refractivity contribution in [3.8, 4) is 10.4 Å². The first-order chi connectivity index (χ1) is 14.3. The summed E-state index contributed by atoms with van der Waals surface area (Å²) in [6.45, 7) is 8.61. The summed E-state index contributed by atoms with van der Waals surface area (Å²) >= 11 is 6.85. The Morgan fingerprint density at radius 2 is 1.97 bits per heavy atom. The summed E-state index contributed by atoms with van der Waals surface area (Å²) in [5.41, 5.74) is 0.744. The molecule has 0 aliphatic carbocycles. The van der Waals surface area contributed by atoms with Crippen molar-refractivity contribution in [2.45, 2.75) is 40.2 Å². The van der Waals surface area contributed by atoms with Crippen molar-refractivity contribution in [3.05, 3.63) is 55.1 Å². The molecule has 0 saturated carbocycles. The molecule has 1 aliphatic heterocycles. The number of rotatable bonds is 4. The Labute approximate surface area is 184 Å². The second-order valence-corrected chi connectivity index (χ2v) is 10.1. The standard InChI is InChI=1S/C22H26N4O2S2/c1-14(2)13-26-18(27)12-16(30-22(26)29)19-20(24-10-7-15(3)8-11-24)23-17-6-4-5-9-25(17)21(19)28/h4-6,9,12,14-15H,7-8,10-11,13H2,1-3H3. The molecule has 0 N–H and O–H groups in total. The van der Waals surface area contributed by atoms with E-state index in [4.69, 9.17) is 17.2 Å². The zero-order chi connectivity index (χ0) is 21.4. The molecule has 0 aromatic carbocycles. The van der Waals surface area contributed by atoms with Crippen molar-refractivity contribution in [2.24, 2.45) is 11.8 Å². The van der Waals surface area contributed by atoms with Crippen molar-refractivity contribution in [3.63, 3.8) is 0 Å². The van der Waals surface area contributed by atoms with Gasteiger partial charge in [-0.2, -0.15) is 0 Å². The average molecular weight is 443 g/mol. The maximum absolute atomic E-state index is 13.5. The van der Waals surface area contributed by atoms with Crippen LogP contribution in [0, 0.1) is 15.8 Å². The Balaban J connectivity index is 1.94. The van der Waals surface area contributed by atoms with Crippen LogP contribution < -0.4 is 16.0 Å². The SMILES string of the molecule is CC(C)Cn1c(=O)cc(-c2c(N3CCC(C)CC3)nc3ccccn3c2=O)sc1=S. The van der Waals surface area contributed by atoms with E-state index in [1.807, 2.05) is 18.2 Å². The third-order valence-corrected chi connectivity index (χ3v) is 6.94. The van der Waals surface area contributed by atoms with Crippen LogP contribution in [0.25, 0.3) is 16.1 Å². The fourth-order valence-corrected chi connectivity index (χ4v) is 5.19. The molecule has 0 spiro atoms. The third kappa shape index (κ3) is 3.98. The fraction of sp³-hybridized carbons (Fsp3) is 0.455. The van der Waals surface area contributed by atoms with Gasteiger partial charge in [-0.25, -0.2) is 4.98 Å². The minimum absolute atomic E-state index is 0.166. The van der Waals surface area contributed by atoms with Crippen molar-refractivity contribution >= 4 is 35.0 Å². The zero-order valence-electron chi connectivity index (χ0n) is 17.5. The predicted molar refractivity (Wildman–Crippen MR) is 125 cm³/mol. The van der Waals surface area contributed by atoms with E-state index in [1.165, 1.54) is 11.3 Å². The molecule has 0 bridgehead atoms. The molecule has 4 heterocycles. The lowest BCUT2D eigenvalue weighted by Crippen LogP contribution is -2.35. The summed E-state index contributed by atoms with van der Waals surface area (Å²) in [6.07, 6.45) is 3.83. The summed E-state index contributed by atoms with van der Waals surface area (Å²) in [5.74, 6) is 1.62. The quantitative estimate of drug-likeness (QED) is 0.567. The third-order valence-electron chi connectivity index (χ3n) is 5.53. The summed E-state index contributed by atoms with van der Waals surface area (Å²) in [6, 6.07) is 7.07. The molecule has 0 unspecified atom stereocenters. The van der Waals surface area contributed by atoms with Crippen molar-refractivity contribution < 1.29 is 0 Å². The smallest absolute Gasteiger partial charge is 0.268 e. The molecule has 1 aliphatic rings. The van der Waals surface area contributed by atoms with Gasteiger partial charge in [0.25, 0.3) is 11.1 Å². The lowest BCUT2D eigenvalue weighted by molar-refractivity contribution is 0.437. The Morgan fingerprint density at radius 3 is 2.63 bits per heavy atom. The van der Waals surface area contributed by atoms with Gasteiger partial charge in [0.2, 0.25) is 0 Å². The average Bonchev–Trinajstić information content (AvgIpc) is 2.71. The highest BCUT2D eigenvalue weighted by molar-refractivity contribution is 7.73. The lowest BCUT2D eigenvalue weighted by atomic mass is 9.99. The number of hydrogen-bond donors (Lipinski definition) is 0. The first kappa shape index (κ1) is 20.9. The van der Waals surface area contributed by atoms with Gasteiger partial charge in [-0.3, -0.25) is 18.6 Å². The van der Waals surface area contributed by atoms with Crippen LogP contribution in [-0.4, -0.2) is 27.0 Å². The molecular weight excluding hydrogens is 416 g/mol. The maximum Gasteiger partial charge on any atom is 0.268 e. The number of hydrogen-bond acceptors (Lipinski definition) is 6. The first-order valence-corrected chi connectivity index (χ1v) is 11.6. The molecule has 0 radical (unpaired) electrons. The van der Waals surface area contributed by atoms with Gasteiger partial charge in [-0.1, -0.05) is 26.8 Å². The Kier molecular flexibility index (Phi) is 5.88. The minimum Gasteiger partial charge on any atom is -0.356 e. The molecule has 3 aromatic heterocycles. The Hall–Kier alpha value is -2.32. The Bertz CT molecular complexity index is 1220. The van der Waals surface area contributed by atoms with E-state index in [-0.39, 0.29) is 11.1 Å². The van der Waals surface area contributed by atoms with Gasteiger partial charge in [0.1, 0.15) is 17.0 Å². The van der Waals surface area contributed by atoms with Crippen LogP contribution in [0.15, 0.2) is 40.1 Å². The van der Waals surface area contributed by atoms with Crippen LogP contribution >= 0.6 is 23.6 Å². The fourth-order valence-electron chi connectivity index (χ4n) is 3.85. The van der Waals surface area contributed by atoms with Gasteiger partial charge >= 0.3 is 0 Å². The highest BCUT2D eigenvalue weighted by Gasteiger charge is 2.24. The number of nitrogens with zero attached hydrogens (tertiary/aromatic N) is 4. The highest BCUT2D eigenvalue weighted by Crippen LogP contribution is 2.31. The number of fused-ring (bicyclic) bond motifs is 1. The van der Waals surface area contributed by atoms with E-state index in [0.29, 0.717) is 44.2 Å². The van der Waals surface area contributed by atoms with Crippen molar-refractivity contribution in [1.29, 1.82) is 0 Å². The van der Waals surface area contributed by atoms with Gasteiger partial charge < -0.3 is 4.90 Å². The number of aromatic nitrogens is 3. The summed E-state index contributed by atoms with van der Waals surface area (Å²) in [7, 11) is 0. The molecule has 6 nitrogen and oxygen atoms in total. The minimum atomic E-state index is -0.168. The molecule has 1 saturated heterocycles. The van der Waals surface area contributed by atoms with Crippen molar-refractivity contribution in [1.82, 2.24) is 14.0 Å². The topological polar surface area (TPSA) is 59.6 Å². The van der Waals surface area contributed by atoms with E-state index in [2.05, 4.69) is 25.7 Å². The van der Waals surface area contributed by atoms with Gasteiger partial charge in [0.15, 0.2) is 3.95 Å². The molecule has 0 amide bonds. The summed E-state index contributed by atoms with van der Waals surface area (Å²) in [5, 5.41) is 0. The van der Waals surface area contributed by atoms with Crippen molar-refractivity contribution in [2.75, 3.05) is 18.0 Å². The van der Waals surface area contributed by atoms with Gasteiger partial charge in [-0.05, 0) is 49.0 Å². The maximum atomic E-state index is 13.5. The van der Waals surface area contributed by atoms with Crippen LogP contribution in [-0.2, 0) is 6.54 Å². The van der Waals surface area contributed by atoms with E-state index < -0.39 is 0 Å². The van der Waals surface area contributed by atoms with Crippen LogP contribution in [0.1, 0.15) is 33.6 Å². The second kappa shape index (κ2) is 8.43.